The van der Waals surface area contributed by atoms with Crippen molar-refractivity contribution in [1.82, 2.24) is 0 Å². The molecule has 0 aromatic carbocycles. The van der Waals surface area contributed by atoms with Crippen LogP contribution in [0.25, 0.3) is 0 Å². The standard InChI is InChI=1S/C7H10O3/c1-4(2)5-3-10-7(9)6(5)8/h4,8H,3H2,1-2H3. The van der Waals surface area contributed by atoms with Gasteiger partial charge in [0.15, 0.2) is 0 Å². The number of cyclic esters (lactones) is 1. The summed E-state index contributed by atoms with van der Waals surface area (Å²) in [4.78, 5) is 10.6. The summed E-state index contributed by atoms with van der Waals surface area (Å²) in [7, 11) is 0. The van der Waals surface area contributed by atoms with Crippen LogP contribution in [0.4, 0.5) is 0 Å². The molecule has 0 saturated carbocycles. The molecule has 0 spiro atoms. The normalized spacial score (nSPS) is 18.5. The molecular formula is C7H10O3. The molecule has 0 bridgehead atoms. The quantitative estimate of drug-likeness (QED) is 0.556. The van der Waals surface area contributed by atoms with Crippen LogP contribution >= 0.6 is 0 Å². The minimum absolute atomic E-state index is 0.187. The number of carbonyl (C=O) groups excluding carboxylic acids is 1. The van der Waals surface area contributed by atoms with E-state index >= 15 is 0 Å². The summed E-state index contributed by atoms with van der Waals surface area (Å²) in [6.45, 7) is 4.07. The molecule has 0 amide bonds. The fourth-order valence-corrected chi connectivity index (χ4v) is 0.851. The average Bonchev–Trinajstić information content (AvgIpc) is 2.14. The number of aliphatic hydroxyl groups is 1. The minimum atomic E-state index is -0.594. The predicted molar refractivity (Wildman–Crippen MR) is 35.5 cm³/mol. The van der Waals surface area contributed by atoms with E-state index < -0.39 is 5.97 Å². The van der Waals surface area contributed by atoms with E-state index in [1.165, 1.54) is 0 Å². The fraction of sp³-hybridized carbons (Fsp3) is 0.571. The Morgan fingerprint density at radius 1 is 1.60 bits per heavy atom. The summed E-state index contributed by atoms with van der Waals surface area (Å²) in [5.74, 6) is -0.606. The highest BCUT2D eigenvalue weighted by molar-refractivity contribution is 5.89. The van der Waals surface area contributed by atoms with Crippen molar-refractivity contribution >= 4 is 5.97 Å². The first-order valence-corrected chi connectivity index (χ1v) is 3.22. The summed E-state index contributed by atoms with van der Waals surface area (Å²) < 4.78 is 4.58. The van der Waals surface area contributed by atoms with E-state index in [0.717, 1.165) is 0 Å². The molecule has 1 aliphatic rings. The Hall–Kier alpha value is -0.990. The highest BCUT2D eigenvalue weighted by Crippen LogP contribution is 2.20. The van der Waals surface area contributed by atoms with Crippen molar-refractivity contribution in [2.75, 3.05) is 6.61 Å². The van der Waals surface area contributed by atoms with Gasteiger partial charge in [-0.2, -0.15) is 0 Å². The Labute approximate surface area is 59.3 Å². The van der Waals surface area contributed by atoms with Crippen molar-refractivity contribution in [1.29, 1.82) is 0 Å². The lowest BCUT2D eigenvalue weighted by Gasteiger charge is -2.01. The number of ether oxygens (including phenoxy) is 1. The third kappa shape index (κ3) is 0.988. The molecule has 10 heavy (non-hydrogen) atoms. The highest BCUT2D eigenvalue weighted by Gasteiger charge is 2.25. The van der Waals surface area contributed by atoms with Gasteiger partial charge in [0, 0.05) is 5.57 Å². The van der Waals surface area contributed by atoms with E-state index in [9.17, 15) is 4.79 Å². The molecule has 0 atom stereocenters. The molecule has 1 heterocycles. The van der Waals surface area contributed by atoms with Crippen molar-refractivity contribution in [3.63, 3.8) is 0 Å². The molecular weight excluding hydrogens is 132 g/mol. The van der Waals surface area contributed by atoms with E-state index in [2.05, 4.69) is 4.74 Å². The lowest BCUT2D eigenvalue weighted by Crippen LogP contribution is -1.98. The van der Waals surface area contributed by atoms with Gasteiger partial charge in [0.05, 0.1) is 0 Å². The van der Waals surface area contributed by atoms with Gasteiger partial charge in [-0.05, 0) is 5.92 Å². The van der Waals surface area contributed by atoms with Crippen molar-refractivity contribution < 1.29 is 14.6 Å². The third-order valence-corrected chi connectivity index (χ3v) is 1.55. The zero-order chi connectivity index (χ0) is 7.72. The first-order chi connectivity index (χ1) is 4.63. The van der Waals surface area contributed by atoms with Gasteiger partial charge in [0.25, 0.3) is 0 Å². The number of rotatable bonds is 1. The monoisotopic (exact) mass is 142 g/mol. The Balaban J connectivity index is 2.85. The maximum Gasteiger partial charge on any atom is 0.373 e. The largest absolute Gasteiger partial charge is 0.502 e. The predicted octanol–water partition coefficient (Wildman–Crippen LogP) is 1.01. The lowest BCUT2D eigenvalue weighted by molar-refractivity contribution is -0.138. The smallest absolute Gasteiger partial charge is 0.373 e. The summed E-state index contributed by atoms with van der Waals surface area (Å²) in [5, 5.41) is 9.03. The summed E-state index contributed by atoms with van der Waals surface area (Å²) >= 11 is 0. The van der Waals surface area contributed by atoms with Gasteiger partial charge in [-0.15, -0.1) is 0 Å². The van der Waals surface area contributed by atoms with Crippen LogP contribution in [0.1, 0.15) is 13.8 Å². The molecule has 0 aromatic rings. The summed E-state index contributed by atoms with van der Waals surface area (Å²) in [6.07, 6.45) is 0. The summed E-state index contributed by atoms with van der Waals surface area (Å²) in [6, 6.07) is 0. The maximum atomic E-state index is 10.6. The second-order valence-electron chi connectivity index (χ2n) is 2.60. The molecule has 0 saturated heterocycles. The first-order valence-electron chi connectivity index (χ1n) is 3.22. The second kappa shape index (κ2) is 2.33. The molecule has 1 rings (SSSR count). The van der Waals surface area contributed by atoms with Crippen LogP contribution in [0.3, 0.4) is 0 Å². The van der Waals surface area contributed by atoms with E-state index in [1.54, 1.807) is 0 Å². The van der Waals surface area contributed by atoms with Crippen LogP contribution in [0, 0.1) is 5.92 Å². The van der Waals surface area contributed by atoms with Gasteiger partial charge in [-0.1, -0.05) is 13.8 Å². The fourth-order valence-electron chi connectivity index (χ4n) is 0.851. The highest BCUT2D eigenvalue weighted by atomic mass is 16.6. The minimum Gasteiger partial charge on any atom is -0.502 e. The number of aliphatic hydroxyl groups excluding tert-OH is 1. The van der Waals surface area contributed by atoms with Gasteiger partial charge < -0.3 is 9.84 Å². The molecule has 0 unspecified atom stereocenters. The topological polar surface area (TPSA) is 46.5 Å². The van der Waals surface area contributed by atoms with Crippen LogP contribution in [-0.4, -0.2) is 17.7 Å². The van der Waals surface area contributed by atoms with Gasteiger partial charge in [-0.25, -0.2) is 4.79 Å². The maximum absolute atomic E-state index is 10.6. The van der Waals surface area contributed by atoms with E-state index in [1.807, 2.05) is 13.8 Å². The Morgan fingerprint density at radius 3 is 2.40 bits per heavy atom. The first kappa shape index (κ1) is 7.12. The number of hydrogen-bond donors (Lipinski definition) is 1. The third-order valence-electron chi connectivity index (χ3n) is 1.55. The number of esters is 1. The molecule has 0 aliphatic carbocycles. The molecule has 1 aliphatic heterocycles. The molecule has 3 nitrogen and oxygen atoms in total. The van der Waals surface area contributed by atoms with E-state index in [-0.39, 0.29) is 18.3 Å². The van der Waals surface area contributed by atoms with E-state index in [0.29, 0.717) is 5.57 Å². The van der Waals surface area contributed by atoms with Crippen LogP contribution < -0.4 is 0 Å². The van der Waals surface area contributed by atoms with Crippen molar-refractivity contribution in [2.45, 2.75) is 13.8 Å². The van der Waals surface area contributed by atoms with Gasteiger partial charge in [-0.3, -0.25) is 0 Å². The van der Waals surface area contributed by atoms with Crippen LogP contribution in [-0.2, 0) is 9.53 Å². The van der Waals surface area contributed by atoms with Crippen molar-refractivity contribution in [2.24, 2.45) is 5.92 Å². The zero-order valence-corrected chi connectivity index (χ0v) is 6.05. The SMILES string of the molecule is CC(C)C1=C(O)C(=O)OC1. The zero-order valence-electron chi connectivity index (χ0n) is 6.05. The Morgan fingerprint density at radius 2 is 2.20 bits per heavy atom. The second-order valence-corrected chi connectivity index (χ2v) is 2.60. The van der Waals surface area contributed by atoms with Gasteiger partial charge >= 0.3 is 5.97 Å². The molecule has 3 heteroatoms. The molecule has 0 radical (unpaired) electrons. The van der Waals surface area contributed by atoms with Crippen LogP contribution in [0.2, 0.25) is 0 Å². The van der Waals surface area contributed by atoms with Crippen LogP contribution in [0.15, 0.2) is 11.3 Å². The Bertz CT molecular complexity index is 191. The van der Waals surface area contributed by atoms with Crippen LogP contribution in [0.5, 0.6) is 0 Å². The van der Waals surface area contributed by atoms with Crippen molar-refractivity contribution in [3.8, 4) is 0 Å². The van der Waals surface area contributed by atoms with Gasteiger partial charge in [0.1, 0.15) is 6.61 Å². The molecule has 0 fully saturated rings. The van der Waals surface area contributed by atoms with E-state index in [4.69, 9.17) is 5.11 Å². The summed E-state index contributed by atoms with van der Waals surface area (Å²) in [5.41, 5.74) is 0.699. The van der Waals surface area contributed by atoms with Crippen molar-refractivity contribution in [3.05, 3.63) is 11.3 Å². The molecule has 1 N–H and O–H groups in total. The Kier molecular flexibility index (Phi) is 1.66. The van der Waals surface area contributed by atoms with Gasteiger partial charge in [0.2, 0.25) is 5.76 Å². The molecule has 0 aromatic heterocycles. The lowest BCUT2D eigenvalue weighted by atomic mass is 10.0. The molecule has 56 valence electrons. The number of hydrogen-bond acceptors (Lipinski definition) is 3. The number of carbonyl (C=O) groups is 1. The average molecular weight is 142 g/mol.